The van der Waals surface area contributed by atoms with E-state index in [4.69, 9.17) is 23.2 Å². The first kappa shape index (κ1) is 23.2. The number of carbonyl (C=O) groups excluding carboxylic acids is 2. The van der Waals surface area contributed by atoms with Crippen LogP contribution in [-0.4, -0.2) is 26.7 Å². The van der Waals surface area contributed by atoms with E-state index >= 15 is 0 Å². The third-order valence-corrected chi connectivity index (χ3v) is 5.67. The van der Waals surface area contributed by atoms with Crippen LogP contribution in [0.5, 0.6) is 0 Å². The molecule has 34 heavy (non-hydrogen) atoms. The van der Waals surface area contributed by atoms with Crippen LogP contribution in [0.15, 0.2) is 41.2 Å². The summed E-state index contributed by atoms with van der Waals surface area (Å²) in [5, 5.41) is 19.8. The van der Waals surface area contributed by atoms with Crippen LogP contribution in [0.3, 0.4) is 0 Å². The van der Waals surface area contributed by atoms with Crippen LogP contribution in [-0.2, 0) is 9.59 Å². The Morgan fingerprint density at radius 1 is 1.21 bits per heavy atom. The molecule has 1 atom stereocenters. The molecule has 3 aromatic rings. The van der Waals surface area contributed by atoms with Gasteiger partial charge in [0.1, 0.15) is 5.82 Å². The van der Waals surface area contributed by atoms with Crippen molar-refractivity contribution in [1.82, 2.24) is 9.97 Å². The Morgan fingerprint density at radius 2 is 1.97 bits per heavy atom. The number of anilines is 4. The topological polar surface area (TPSA) is 159 Å². The van der Waals surface area contributed by atoms with E-state index in [0.717, 1.165) is 0 Å². The van der Waals surface area contributed by atoms with Crippen LogP contribution in [0.1, 0.15) is 23.5 Å². The van der Waals surface area contributed by atoms with E-state index in [0.29, 0.717) is 16.3 Å². The van der Waals surface area contributed by atoms with Crippen LogP contribution >= 0.6 is 23.2 Å². The fourth-order valence-corrected chi connectivity index (χ4v) is 3.94. The van der Waals surface area contributed by atoms with Crippen LogP contribution in [0.2, 0.25) is 10.0 Å². The Hall–Kier alpha value is -3.96. The second-order valence-electron chi connectivity index (χ2n) is 7.48. The lowest BCUT2D eigenvalue weighted by Crippen LogP contribution is -2.36. The Bertz CT molecular complexity index is 1410. The number of aromatic nitrogens is 2. The maximum Gasteiger partial charge on any atom is 0.274 e. The SMILES string of the molecule is Cc1ccc(NC(=O)[C@H]2CC(=O)Nc3nc(Nc4ccc(Cl)cc4Cl)[nH]c(=O)c32)cc1[N+](=O)[O-]. The highest BCUT2D eigenvalue weighted by atomic mass is 35.5. The maximum absolute atomic E-state index is 13.0. The zero-order valence-corrected chi connectivity index (χ0v) is 19.0. The molecule has 0 unspecified atom stereocenters. The van der Waals surface area contributed by atoms with E-state index < -0.39 is 28.2 Å². The summed E-state index contributed by atoms with van der Waals surface area (Å²) >= 11 is 12.0. The van der Waals surface area contributed by atoms with Gasteiger partial charge in [0.05, 0.1) is 27.1 Å². The number of carbonyl (C=O) groups is 2. The normalized spacial score (nSPS) is 14.7. The molecule has 1 aromatic heterocycles. The molecule has 0 aliphatic carbocycles. The number of hydrogen-bond donors (Lipinski definition) is 4. The van der Waals surface area contributed by atoms with Gasteiger partial charge in [-0.05, 0) is 31.2 Å². The number of H-pyrrole nitrogens is 1. The number of halogens is 2. The minimum Gasteiger partial charge on any atom is -0.325 e. The van der Waals surface area contributed by atoms with Crippen molar-refractivity contribution in [3.63, 3.8) is 0 Å². The van der Waals surface area contributed by atoms with Crippen LogP contribution < -0.4 is 21.5 Å². The molecule has 174 valence electrons. The van der Waals surface area contributed by atoms with Gasteiger partial charge < -0.3 is 16.0 Å². The highest BCUT2D eigenvalue weighted by Gasteiger charge is 2.35. The number of nitrogens with one attached hydrogen (secondary N) is 4. The molecule has 2 aromatic carbocycles. The number of aromatic amines is 1. The van der Waals surface area contributed by atoms with Gasteiger partial charge in [0.15, 0.2) is 0 Å². The number of nitrogens with zero attached hydrogens (tertiary/aromatic N) is 2. The van der Waals surface area contributed by atoms with Crippen molar-refractivity contribution in [2.75, 3.05) is 16.0 Å². The second kappa shape index (κ2) is 9.12. The molecular weight excluding hydrogens is 487 g/mol. The van der Waals surface area contributed by atoms with Crippen molar-refractivity contribution in [2.45, 2.75) is 19.3 Å². The van der Waals surface area contributed by atoms with Gasteiger partial charge >= 0.3 is 0 Å². The molecule has 2 heterocycles. The van der Waals surface area contributed by atoms with Gasteiger partial charge in [0.25, 0.3) is 11.2 Å². The zero-order valence-electron chi connectivity index (χ0n) is 17.4. The quantitative estimate of drug-likeness (QED) is 0.301. The van der Waals surface area contributed by atoms with Crippen LogP contribution in [0.4, 0.5) is 28.8 Å². The van der Waals surface area contributed by atoms with E-state index in [1.807, 2.05) is 0 Å². The molecule has 11 nitrogen and oxygen atoms in total. The summed E-state index contributed by atoms with van der Waals surface area (Å²) in [7, 11) is 0. The van der Waals surface area contributed by atoms with E-state index in [9.17, 15) is 24.5 Å². The summed E-state index contributed by atoms with van der Waals surface area (Å²) in [5.74, 6) is -2.45. The number of fused-ring (bicyclic) bond motifs is 1. The van der Waals surface area contributed by atoms with Gasteiger partial charge in [0, 0.05) is 28.8 Å². The minimum atomic E-state index is -1.16. The lowest BCUT2D eigenvalue weighted by molar-refractivity contribution is -0.385. The number of amides is 2. The Kier molecular flexibility index (Phi) is 6.22. The summed E-state index contributed by atoms with van der Waals surface area (Å²) in [5.41, 5.74) is 0.142. The number of benzene rings is 2. The Balaban J connectivity index is 1.64. The van der Waals surface area contributed by atoms with Gasteiger partial charge in [-0.25, -0.2) is 0 Å². The van der Waals surface area contributed by atoms with Crippen molar-refractivity contribution in [3.8, 4) is 0 Å². The molecule has 4 rings (SSSR count). The largest absolute Gasteiger partial charge is 0.325 e. The first-order valence-corrected chi connectivity index (χ1v) is 10.6. The summed E-state index contributed by atoms with van der Waals surface area (Å²) in [6.07, 6.45) is -0.298. The van der Waals surface area contributed by atoms with Crippen LogP contribution in [0.25, 0.3) is 0 Å². The summed E-state index contributed by atoms with van der Waals surface area (Å²) in [4.78, 5) is 55.4. The van der Waals surface area contributed by atoms with Gasteiger partial charge in [-0.2, -0.15) is 4.98 Å². The van der Waals surface area contributed by atoms with Crippen molar-refractivity contribution in [1.29, 1.82) is 0 Å². The molecule has 2 amide bonds. The molecule has 1 aliphatic heterocycles. The monoisotopic (exact) mass is 502 g/mol. The fourth-order valence-electron chi connectivity index (χ4n) is 3.49. The lowest BCUT2D eigenvalue weighted by atomic mass is 9.92. The van der Waals surface area contributed by atoms with E-state index in [-0.39, 0.29) is 40.1 Å². The van der Waals surface area contributed by atoms with Gasteiger partial charge in [-0.15, -0.1) is 0 Å². The highest BCUT2D eigenvalue weighted by Crippen LogP contribution is 2.32. The summed E-state index contributed by atoms with van der Waals surface area (Å²) in [6, 6.07) is 8.87. The molecule has 0 fully saturated rings. The van der Waals surface area contributed by atoms with Gasteiger partial charge in [-0.1, -0.05) is 29.3 Å². The first-order valence-electron chi connectivity index (χ1n) is 9.84. The maximum atomic E-state index is 13.0. The Morgan fingerprint density at radius 3 is 2.68 bits per heavy atom. The molecular formula is C21H16Cl2N6O5. The fraction of sp³-hybridized carbons (Fsp3) is 0.143. The average Bonchev–Trinajstić information content (AvgIpc) is 2.76. The summed E-state index contributed by atoms with van der Waals surface area (Å²) in [6.45, 7) is 1.57. The predicted molar refractivity (Wildman–Crippen MR) is 127 cm³/mol. The van der Waals surface area contributed by atoms with Crippen molar-refractivity contribution >= 4 is 63.8 Å². The second-order valence-corrected chi connectivity index (χ2v) is 8.32. The molecule has 0 saturated heterocycles. The first-order chi connectivity index (χ1) is 16.1. The zero-order chi connectivity index (χ0) is 24.6. The third-order valence-electron chi connectivity index (χ3n) is 5.13. The predicted octanol–water partition coefficient (Wildman–Crippen LogP) is 4.10. The van der Waals surface area contributed by atoms with Crippen molar-refractivity contribution < 1.29 is 14.5 Å². The standard InChI is InChI=1S/C21H16Cl2N6O5/c1-9-2-4-11(7-15(9)29(33)34)24-19(31)12-8-16(30)26-18-17(12)20(32)28-21(27-18)25-14-5-3-10(22)6-13(14)23/h2-7,12H,8H2,1H3,(H,24,31)(H3,25,26,27,28,30,32)/t12-/m0/s1. The van der Waals surface area contributed by atoms with E-state index in [1.54, 1.807) is 19.1 Å². The van der Waals surface area contributed by atoms with Crippen LogP contribution in [0, 0.1) is 17.0 Å². The molecule has 0 saturated carbocycles. The van der Waals surface area contributed by atoms with Gasteiger partial charge in [0.2, 0.25) is 17.8 Å². The minimum absolute atomic E-state index is 0.0107. The molecule has 4 N–H and O–H groups in total. The van der Waals surface area contributed by atoms with Crippen molar-refractivity contribution in [3.05, 3.63) is 78.0 Å². The summed E-state index contributed by atoms with van der Waals surface area (Å²) < 4.78 is 0. The van der Waals surface area contributed by atoms with E-state index in [1.165, 1.54) is 24.3 Å². The molecule has 0 bridgehead atoms. The number of nitro groups is 1. The highest BCUT2D eigenvalue weighted by molar-refractivity contribution is 6.36. The lowest BCUT2D eigenvalue weighted by Gasteiger charge is -2.23. The average molecular weight is 503 g/mol. The molecule has 0 radical (unpaired) electrons. The Labute approximate surface area is 201 Å². The molecule has 0 spiro atoms. The number of aryl methyl sites for hydroxylation is 1. The molecule has 13 heteroatoms. The molecule has 1 aliphatic rings. The van der Waals surface area contributed by atoms with Crippen molar-refractivity contribution in [2.24, 2.45) is 0 Å². The van der Waals surface area contributed by atoms with E-state index in [2.05, 4.69) is 25.9 Å². The third kappa shape index (κ3) is 4.70. The van der Waals surface area contributed by atoms with Gasteiger partial charge in [-0.3, -0.25) is 29.5 Å². The number of rotatable bonds is 5. The smallest absolute Gasteiger partial charge is 0.274 e. The number of hydrogen-bond acceptors (Lipinski definition) is 7. The number of nitro benzene ring substituents is 1.